The van der Waals surface area contributed by atoms with Crippen LogP contribution >= 0.6 is 0 Å². The zero-order chi connectivity index (χ0) is 22.2. The topological polar surface area (TPSA) is 131 Å². The van der Waals surface area contributed by atoms with Crippen molar-refractivity contribution in [1.82, 2.24) is 9.62 Å². The fourth-order valence-electron chi connectivity index (χ4n) is 3.23. The molecule has 0 unspecified atom stereocenters. The first-order valence-corrected chi connectivity index (χ1v) is 10.8. The molecule has 0 atom stereocenters. The van der Waals surface area contributed by atoms with E-state index >= 15 is 0 Å². The van der Waals surface area contributed by atoms with E-state index in [0.717, 1.165) is 6.92 Å². The van der Waals surface area contributed by atoms with E-state index in [4.69, 9.17) is 9.47 Å². The number of hydrogen-bond donors (Lipinski definition) is 2. The molecule has 11 heteroatoms. The van der Waals surface area contributed by atoms with Crippen molar-refractivity contribution in [3.63, 3.8) is 0 Å². The second kappa shape index (κ2) is 7.91. The van der Waals surface area contributed by atoms with Crippen LogP contribution in [0.1, 0.15) is 17.3 Å². The van der Waals surface area contributed by atoms with Gasteiger partial charge in [-0.3, -0.25) is 14.4 Å². The lowest BCUT2D eigenvalue weighted by molar-refractivity contribution is -0.123. The van der Waals surface area contributed by atoms with Gasteiger partial charge in [-0.15, -0.1) is 0 Å². The Labute approximate surface area is 178 Å². The molecule has 2 aromatic rings. The van der Waals surface area contributed by atoms with Gasteiger partial charge in [0.05, 0.1) is 10.8 Å². The van der Waals surface area contributed by atoms with Gasteiger partial charge in [-0.25, -0.2) is 13.1 Å². The third kappa shape index (κ3) is 4.31. The monoisotopic (exact) mass is 445 g/mol. The zero-order valence-corrected chi connectivity index (χ0v) is 17.3. The molecular formula is C20H19N3O7S. The molecule has 0 radical (unpaired) electrons. The molecule has 2 heterocycles. The summed E-state index contributed by atoms with van der Waals surface area (Å²) in [5, 5.41) is 2.70. The first-order chi connectivity index (χ1) is 14.7. The number of amides is 3. The van der Waals surface area contributed by atoms with Crippen molar-refractivity contribution >= 4 is 33.4 Å². The molecule has 2 aliphatic rings. The van der Waals surface area contributed by atoms with Crippen LogP contribution in [0.25, 0.3) is 0 Å². The van der Waals surface area contributed by atoms with Gasteiger partial charge in [0.1, 0.15) is 0 Å². The number of likely N-dealkylation sites (tertiary alicyclic amines) is 1. The summed E-state index contributed by atoms with van der Waals surface area (Å²) in [6, 6.07) is 10.4. The molecular weight excluding hydrogens is 426 g/mol. The van der Waals surface area contributed by atoms with Gasteiger partial charge in [-0.05, 0) is 42.5 Å². The van der Waals surface area contributed by atoms with Crippen LogP contribution in [0, 0.1) is 5.92 Å². The summed E-state index contributed by atoms with van der Waals surface area (Å²) in [6.07, 6.45) is 0. The molecule has 0 aliphatic carbocycles. The average molecular weight is 445 g/mol. The number of benzene rings is 2. The molecule has 2 N–H and O–H groups in total. The number of carbonyl (C=O) groups is 3. The Balaban J connectivity index is 1.32. The molecule has 0 saturated carbocycles. The maximum Gasteiger partial charge on any atom is 0.264 e. The number of carbonyl (C=O) groups excluding carboxylic acids is 3. The summed E-state index contributed by atoms with van der Waals surface area (Å²) in [5.41, 5.74) is 0.867. The lowest BCUT2D eigenvalue weighted by Crippen LogP contribution is -2.54. The maximum atomic E-state index is 12.6. The van der Waals surface area contributed by atoms with Gasteiger partial charge in [-0.1, -0.05) is 0 Å². The highest BCUT2D eigenvalue weighted by molar-refractivity contribution is 7.90. The highest BCUT2D eigenvalue weighted by Crippen LogP contribution is 2.33. The third-order valence-corrected chi connectivity index (χ3v) is 6.32. The van der Waals surface area contributed by atoms with E-state index in [1.54, 1.807) is 23.1 Å². The van der Waals surface area contributed by atoms with E-state index in [9.17, 15) is 22.8 Å². The number of ether oxygens (including phenoxy) is 2. The normalized spacial score (nSPS) is 15.2. The highest BCUT2D eigenvalue weighted by atomic mass is 32.2. The predicted octanol–water partition coefficient (Wildman–Crippen LogP) is 0.951. The quantitative estimate of drug-likeness (QED) is 0.701. The van der Waals surface area contributed by atoms with Crippen molar-refractivity contribution in [1.29, 1.82) is 0 Å². The summed E-state index contributed by atoms with van der Waals surface area (Å²) in [4.78, 5) is 37.4. The van der Waals surface area contributed by atoms with E-state index in [2.05, 4.69) is 5.32 Å². The van der Waals surface area contributed by atoms with Crippen LogP contribution in [0.4, 0.5) is 5.69 Å². The molecule has 10 nitrogen and oxygen atoms in total. The second-order valence-electron chi connectivity index (χ2n) is 7.15. The Hall–Kier alpha value is -3.60. The van der Waals surface area contributed by atoms with Gasteiger partial charge in [-0.2, -0.15) is 0 Å². The Morgan fingerprint density at radius 3 is 2.35 bits per heavy atom. The minimum absolute atomic E-state index is 0.0927. The van der Waals surface area contributed by atoms with Crippen LogP contribution in [-0.2, 0) is 19.6 Å². The minimum Gasteiger partial charge on any atom is -0.454 e. The number of nitrogens with zero attached hydrogens (tertiary/aromatic N) is 1. The molecule has 0 spiro atoms. The predicted molar refractivity (Wildman–Crippen MR) is 108 cm³/mol. The van der Waals surface area contributed by atoms with E-state index in [1.165, 1.54) is 24.3 Å². The number of anilines is 1. The van der Waals surface area contributed by atoms with E-state index in [-0.39, 0.29) is 42.5 Å². The Morgan fingerprint density at radius 2 is 1.68 bits per heavy atom. The lowest BCUT2D eigenvalue weighted by atomic mass is 9.97. The van der Waals surface area contributed by atoms with E-state index in [1.807, 2.05) is 4.72 Å². The molecule has 2 aromatic carbocycles. The van der Waals surface area contributed by atoms with Gasteiger partial charge in [0.25, 0.3) is 15.9 Å². The molecule has 31 heavy (non-hydrogen) atoms. The number of hydrogen-bond acceptors (Lipinski definition) is 7. The van der Waals surface area contributed by atoms with Gasteiger partial charge in [0.2, 0.25) is 18.6 Å². The summed E-state index contributed by atoms with van der Waals surface area (Å²) in [6.45, 7) is 1.77. The van der Waals surface area contributed by atoms with Crippen molar-refractivity contribution in [2.45, 2.75) is 11.8 Å². The maximum absolute atomic E-state index is 12.6. The van der Waals surface area contributed by atoms with Crippen LogP contribution in [0.2, 0.25) is 0 Å². The largest absolute Gasteiger partial charge is 0.454 e. The summed E-state index contributed by atoms with van der Waals surface area (Å²) in [7, 11) is -3.93. The van der Waals surface area contributed by atoms with Crippen LogP contribution in [-0.4, -0.2) is 50.9 Å². The summed E-state index contributed by atoms with van der Waals surface area (Å²) in [5.74, 6) is -0.428. The second-order valence-corrected chi connectivity index (χ2v) is 8.83. The molecule has 2 aliphatic heterocycles. The van der Waals surface area contributed by atoms with Gasteiger partial charge < -0.3 is 19.7 Å². The number of rotatable bonds is 5. The SMILES string of the molecule is CC(=O)NS(=O)(=O)c1ccc(NC(=O)C2CN(C(=O)c3ccc4c(c3)OCO4)C2)cc1. The first kappa shape index (κ1) is 20.7. The lowest BCUT2D eigenvalue weighted by Gasteiger charge is -2.38. The van der Waals surface area contributed by atoms with E-state index in [0.29, 0.717) is 22.7 Å². The van der Waals surface area contributed by atoms with Crippen LogP contribution in [0.15, 0.2) is 47.4 Å². The molecule has 0 bridgehead atoms. The van der Waals surface area contributed by atoms with Crippen molar-refractivity contribution in [3.8, 4) is 11.5 Å². The Kier molecular flexibility index (Phi) is 5.27. The van der Waals surface area contributed by atoms with Crippen molar-refractivity contribution in [2.24, 2.45) is 5.92 Å². The standard InChI is InChI=1S/C20H19N3O7S/c1-12(24)22-31(27,28)16-5-3-15(4-6-16)21-19(25)14-9-23(10-14)20(26)13-2-7-17-18(8-13)30-11-29-17/h2-8,14H,9-11H2,1H3,(H,21,25)(H,22,24). The molecule has 162 valence electrons. The summed E-state index contributed by atoms with van der Waals surface area (Å²) >= 11 is 0. The molecule has 4 rings (SSSR count). The van der Waals surface area contributed by atoms with Gasteiger partial charge in [0, 0.05) is 31.3 Å². The van der Waals surface area contributed by atoms with Crippen molar-refractivity contribution in [3.05, 3.63) is 48.0 Å². The van der Waals surface area contributed by atoms with Crippen molar-refractivity contribution < 1.29 is 32.3 Å². The molecule has 0 aromatic heterocycles. The third-order valence-electron chi connectivity index (χ3n) is 4.87. The van der Waals surface area contributed by atoms with Gasteiger partial charge in [0.15, 0.2) is 11.5 Å². The fraction of sp³-hybridized carbons (Fsp3) is 0.250. The molecule has 3 amide bonds. The Morgan fingerprint density at radius 1 is 1.00 bits per heavy atom. The van der Waals surface area contributed by atoms with Crippen molar-refractivity contribution in [2.75, 3.05) is 25.2 Å². The average Bonchev–Trinajstić information content (AvgIpc) is 3.14. The Bertz CT molecular complexity index is 1160. The fourth-order valence-corrected chi connectivity index (χ4v) is 4.22. The summed E-state index contributed by atoms with van der Waals surface area (Å²) < 4.78 is 36.3. The smallest absolute Gasteiger partial charge is 0.264 e. The van der Waals surface area contributed by atoms with Crippen LogP contribution in [0.3, 0.4) is 0 Å². The highest BCUT2D eigenvalue weighted by Gasteiger charge is 2.36. The number of sulfonamides is 1. The number of nitrogens with one attached hydrogen (secondary N) is 2. The minimum atomic E-state index is -3.93. The van der Waals surface area contributed by atoms with Gasteiger partial charge >= 0.3 is 0 Å². The van der Waals surface area contributed by atoms with E-state index < -0.39 is 15.9 Å². The van der Waals surface area contributed by atoms with Crippen LogP contribution < -0.4 is 19.5 Å². The number of fused-ring (bicyclic) bond motifs is 1. The zero-order valence-electron chi connectivity index (χ0n) is 16.5. The molecule has 1 fully saturated rings. The van der Waals surface area contributed by atoms with Crippen LogP contribution in [0.5, 0.6) is 11.5 Å². The molecule has 1 saturated heterocycles. The first-order valence-electron chi connectivity index (χ1n) is 9.36.